The summed E-state index contributed by atoms with van der Waals surface area (Å²) in [6.45, 7) is -0.195. The van der Waals surface area contributed by atoms with E-state index in [1.807, 2.05) is 0 Å². The zero-order chi connectivity index (χ0) is 11.4. The van der Waals surface area contributed by atoms with Gasteiger partial charge in [0.15, 0.2) is 0 Å². The molecule has 86 valence electrons. The Balaban J connectivity index is 2.62. The molecule has 6 heteroatoms. The van der Waals surface area contributed by atoms with Crippen molar-refractivity contribution in [2.24, 2.45) is 0 Å². The number of hydrogen-bond donors (Lipinski definition) is 4. The van der Waals surface area contributed by atoms with E-state index in [2.05, 4.69) is 0 Å². The second kappa shape index (κ2) is 5.34. The molecular formula is C9H14O6. The van der Waals surface area contributed by atoms with Crippen molar-refractivity contribution < 1.29 is 30.0 Å². The molecule has 4 N–H and O–H groups in total. The Labute approximate surface area is 86.4 Å². The second-order valence-electron chi connectivity index (χ2n) is 3.34. The first-order valence-electron chi connectivity index (χ1n) is 4.52. The average molecular weight is 218 g/mol. The van der Waals surface area contributed by atoms with Gasteiger partial charge in [-0.3, -0.25) is 0 Å². The molecule has 15 heavy (non-hydrogen) atoms. The van der Waals surface area contributed by atoms with Crippen molar-refractivity contribution in [3.8, 4) is 0 Å². The highest BCUT2D eigenvalue weighted by Gasteiger charge is 2.36. The van der Waals surface area contributed by atoms with Gasteiger partial charge in [-0.15, -0.1) is 0 Å². The molecule has 0 bridgehead atoms. The van der Waals surface area contributed by atoms with Gasteiger partial charge in [0.25, 0.3) is 0 Å². The topological polar surface area (TPSA) is 107 Å². The number of aldehydes is 1. The van der Waals surface area contributed by atoms with Crippen molar-refractivity contribution in [2.45, 2.75) is 24.4 Å². The highest BCUT2D eigenvalue weighted by molar-refractivity contribution is 5.50. The maximum Gasteiger partial charge on any atom is 0.145 e. The normalized spacial score (nSPS) is 36.1. The molecule has 0 heterocycles. The van der Waals surface area contributed by atoms with Gasteiger partial charge in [-0.25, -0.2) is 0 Å². The van der Waals surface area contributed by atoms with Gasteiger partial charge < -0.3 is 30.0 Å². The van der Waals surface area contributed by atoms with Gasteiger partial charge in [-0.1, -0.05) is 0 Å². The van der Waals surface area contributed by atoms with Crippen molar-refractivity contribution >= 4 is 6.29 Å². The largest absolute Gasteiger partial charge is 0.387 e. The number of ether oxygens (including phenoxy) is 1. The summed E-state index contributed by atoms with van der Waals surface area (Å²) in [5, 5.41) is 37.3. The molecule has 1 rings (SSSR count). The lowest BCUT2D eigenvalue weighted by atomic mass is 9.90. The molecule has 1 aliphatic carbocycles. The molecular weight excluding hydrogens is 204 g/mol. The number of aliphatic hydroxyl groups is 4. The first-order valence-corrected chi connectivity index (χ1v) is 4.52. The minimum atomic E-state index is -1.44. The Hall–Kier alpha value is -0.790. The van der Waals surface area contributed by atoms with Gasteiger partial charge in [0.05, 0.1) is 6.61 Å². The number of carbonyl (C=O) groups excluding carboxylic acids is 1. The zero-order valence-corrected chi connectivity index (χ0v) is 7.98. The summed E-state index contributed by atoms with van der Waals surface area (Å²) >= 11 is 0. The van der Waals surface area contributed by atoms with Crippen molar-refractivity contribution in [2.75, 3.05) is 13.2 Å². The summed E-state index contributed by atoms with van der Waals surface area (Å²) in [7, 11) is 0. The lowest BCUT2D eigenvalue weighted by molar-refractivity contribution is -0.112. The summed E-state index contributed by atoms with van der Waals surface area (Å²) in [6, 6.07) is 0. The van der Waals surface area contributed by atoms with Gasteiger partial charge >= 0.3 is 0 Å². The van der Waals surface area contributed by atoms with Gasteiger partial charge in [0.2, 0.25) is 0 Å². The van der Waals surface area contributed by atoms with Crippen LogP contribution in [0, 0.1) is 0 Å². The van der Waals surface area contributed by atoms with E-state index in [1.165, 1.54) is 6.08 Å². The third-order valence-electron chi connectivity index (χ3n) is 2.24. The highest BCUT2D eigenvalue weighted by Crippen LogP contribution is 2.20. The van der Waals surface area contributed by atoms with E-state index < -0.39 is 24.4 Å². The van der Waals surface area contributed by atoms with Crippen LogP contribution >= 0.6 is 0 Å². The van der Waals surface area contributed by atoms with E-state index in [4.69, 9.17) is 4.74 Å². The van der Waals surface area contributed by atoms with Crippen LogP contribution in [0.4, 0.5) is 0 Å². The van der Waals surface area contributed by atoms with E-state index in [-0.39, 0.29) is 18.8 Å². The zero-order valence-electron chi connectivity index (χ0n) is 7.98. The lowest BCUT2D eigenvalue weighted by Crippen LogP contribution is -2.49. The summed E-state index contributed by atoms with van der Waals surface area (Å²) < 4.78 is 4.82. The molecule has 0 unspecified atom stereocenters. The predicted octanol–water partition coefficient (Wildman–Crippen LogP) is -2.41. The fraction of sp³-hybridized carbons (Fsp3) is 0.667. The van der Waals surface area contributed by atoms with Crippen LogP contribution in [0.5, 0.6) is 0 Å². The summed E-state index contributed by atoms with van der Waals surface area (Å²) in [6.07, 6.45) is -3.60. The standard InChI is InChI=1S/C9H14O6/c10-1-2-15-4-5-3-6(11)8(13)9(14)7(5)12/h1,3,6-9,11-14H,2,4H2/t6-,7-,8+,9+/m1/s1. The first kappa shape index (κ1) is 12.3. The molecule has 0 aromatic heterocycles. The molecule has 0 fully saturated rings. The monoisotopic (exact) mass is 218 g/mol. The molecule has 0 aromatic rings. The van der Waals surface area contributed by atoms with E-state index in [0.29, 0.717) is 6.29 Å². The van der Waals surface area contributed by atoms with Crippen LogP contribution in [0.15, 0.2) is 11.6 Å². The van der Waals surface area contributed by atoms with Crippen molar-refractivity contribution in [3.63, 3.8) is 0 Å². The van der Waals surface area contributed by atoms with Crippen LogP contribution in [-0.2, 0) is 9.53 Å². The van der Waals surface area contributed by atoms with Crippen LogP contribution in [-0.4, -0.2) is 64.3 Å². The van der Waals surface area contributed by atoms with Crippen LogP contribution in [0.2, 0.25) is 0 Å². The summed E-state index contributed by atoms with van der Waals surface area (Å²) in [4.78, 5) is 9.96. The van der Waals surface area contributed by atoms with E-state index >= 15 is 0 Å². The van der Waals surface area contributed by atoms with E-state index in [0.717, 1.165) is 0 Å². The quantitative estimate of drug-likeness (QED) is 0.238. The highest BCUT2D eigenvalue weighted by atomic mass is 16.5. The maximum atomic E-state index is 9.96. The third-order valence-corrected chi connectivity index (χ3v) is 2.24. The SMILES string of the molecule is O=CCOCC1=C[C@@H](O)[C@H](O)[C@@H](O)[C@@H]1O. The van der Waals surface area contributed by atoms with Crippen LogP contribution in [0.25, 0.3) is 0 Å². The molecule has 1 aliphatic rings. The van der Waals surface area contributed by atoms with Gasteiger partial charge in [0.1, 0.15) is 37.3 Å². The average Bonchev–Trinajstić information content (AvgIpc) is 2.23. The second-order valence-corrected chi connectivity index (χ2v) is 3.34. The summed E-state index contributed by atoms with van der Waals surface area (Å²) in [5.41, 5.74) is 0.252. The fourth-order valence-electron chi connectivity index (χ4n) is 1.38. The molecule has 0 aromatic carbocycles. The Kier molecular flexibility index (Phi) is 4.37. The van der Waals surface area contributed by atoms with E-state index in [9.17, 15) is 25.2 Å². The van der Waals surface area contributed by atoms with Crippen LogP contribution in [0.3, 0.4) is 0 Å². The Morgan fingerprint density at radius 1 is 1.27 bits per heavy atom. The minimum Gasteiger partial charge on any atom is -0.387 e. The molecule has 0 saturated heterocycles. The van der Waals surface area contributed by atoms with Gasteiger partial charge in [0, 0.05) is 0 Å². The smallest absolute Gasteiger partial charge is 0.145 e. The van der Waals surface area contributed by atoms with Gasteiger partial charge in [-0.2, -0.15) is 0 Å². The molecule has 0 aliphatic heterocycles. The molecule has 6 nitrogen and oxygen atoms in total. The van der Waals surface area contributed by atoms with Crippen LogP contribution < -0.4 is 0 Å². The Morgan fingerprint density at radius 2 is 1.93 bits per heavy atom. The third kappa shape index (κ3) is 2.83. The molecule has 0 saturated carbocycles. The summed E-state index contributed by atoms with van der Waals surface area (Å²) in [5.74, 6) is 0. The van der Waals surface area contributed by atoms with Crippen molar-refractivity contribution in [1.29, 1.82) is 0 Å². The molecule has 4 atom stereocenters. The van der Waals surface area contributed by atoms with Crippen molar-refractivity contribution in [3.05, 3.63) is 11.6 Å². The lowest BCUT2D eigenvalue weighted by Gasteiger charge is -2.32. The number of carbonyl (C=O) groups is 1. The van der Waals surface area contributed by atoms with Crippen molar-refractivity contribution in [1.82, 2.24) is 0 Å². The minimum absolute atomic E-state index is 0.0687. The fourth-order valence-corrected chi connectivity index (χ4v) is 1.38. The van der Waals surface area contributed by atoms with E-state index in [1.54, 1.807) is 0 Å². The number of rotatable bonds is 4. The van der Waals surface area contributed by atoms with Gasteiger partial charge in [-0.05, 0) is 11.6 Å². The Bertz CT molecular complexity index is 251. The maximum absolute atomic E-state index is 9.96. The number of aliphatic hydroxyl groups excluding tert-OH is 4. The molecule has 0 spiro atoms. The number of hydrogen-bond acceptors (Lipinski definition) is 6. The Morgan fingerprint density at radius 3 is 2.53 bits per heavy atom. The molecule has 0 amide bonds. The first-order chi connectivity index (χ1) is 7.07. The molecule has 0 radical (unpaired) electrons. The van der Waals surface area contributed by atoms with Crippen LogP contribution in [0.1, 0.15) is 0 Å². The predicted molar refractivity (Wildman–Crippen MR) is 49.0 cm³/mol.